The summed E-state index contributed by atoms with van der Waals surface area (Å²) < 4.78 is 0. The molecule has 3 fully saturated rings. The lowest BCUT2D eigenvalue weighted by Crippen LogP contribution is -2.50. The fourth-order valence-corrected chi connectivity index (χ4v) is 4.87. The van der Waals surface area contributed by atoms with Crippen molar-refractivity contribution in [3.8, 4) is 0 Å². The van der Waals surface area contributed by atoms with Gasteiger partial charge < -0.3 is 9.80 Å². The Morgan fingerprint density at radius 2 is 1.57 bits per heavy atom. The van der Waals surface area contributed by atoms with Gasteiger partial charge in [0.05, 0.1) is 5.92 Å². The molecule has 0 unspecified atom stereocenters. The van der Waals surface area contributed by atoms with Crippen LogP contribution < -0.4 is 0 Å². The third-order valence-corrected chi connectivity index (χ3v) is 6.38. The first kappa shape index (κ1) is 16.8. The molecular formula is C19H32N2O2. The monoisotopic (exact) mass is 320 g/mol. The first-order chi connectivity index (χ1) is 11.0. The molecule has 0 spiro atoms. The first-order valence-corrected chi connectivity index (χ1v) is 9.59. The number of amides is 2. The van der Waals surface area contributed by atoms with Crippen molar-refractivity contribution in [2.45, 2.75) is 90.3 Å². The first-order valence-electron chi connectivity index (χ1n) is 9.59. The van der Waals surface area contributed by atoms with Crippen molar-refractivity contribution in [1.82, 2.24) is 9.80 Å². The number of carbonyl (C=O) groups is 2. The molecule has 0 N–H and O–H groups in total. The zero-order chi connectivity index (χ0) is 16.6. The van der Waals surface area contributed by atoms with E-state index in [-0.39, 0.29) is 17.7 Å². The number of carbonyl (C=O) groups excluding carboxylic acids is 2. The summed E-state index contributed by atoms with van der Waals surface area (Å²) in [4.78, 5) is 29.6. The maximum absolute atomic E-state index is 13.0. The minimum atomic E-state index is -0.107. The minimum absolute atomic E-state index is 0.107. The molecule has 2 saturated heterocycles. The second-order valence-corrected chi connectivity index (χ2v) is 8.24. The van der Waals surface area contributed by atoms with E-state index < -0.39 is 0 Å². The second-order valence-electron chi connectivity index (χ2n) is 8.24. The molecule has 130 valence electrons. The molecule has 2 amide bonds. The van der Waals surface area contributed by atoms with Crippen LogP contribution in [0.1, 0.15) is 72.1 Å². The second kappa shape index (κ2) is 6.82. The summed E-state index contributed by atoms with van der Waals surface area (Å²) in [6.07, 6.45) is 8.50. The Balaban J connectivity index is 1.63. The number of hydrogen-bond acceptors (Lipinski definition) is 2. The fourth-order valence-electron chi connectivity index (χ4n) is 4.87. The Morgan fingerprint density at radius 1 is 0.957 bits per heavy atom. The van der Waals surface area contributed by atoms with Crippen molar-refractivity contribution in [3.63, 3.8) is 0 Å². The average molecular weight is 320 g/mol. The van der Waals surface area contributed by atoms with Crippen LogP contribution in [0.15, 0.2) is 0 Å². The molecule has 3 rings (SSSR count). The summed E-state index contributed by atoms with van der Waals surface area (Å²) in [6, 6.07) is 1.03. The molecule has 1 saturated carbocycles. The molecule has 0 aromatic heterocycles. The highest BCUT2D eigenvalue weighted by Gasteiger charge is 2.42. The zero-order valence-electron chi connectivity index (χ0n) is 15.0. The summed E-state index contributed by atoms with van der Waals surface area (Å²) >= 11 is 0. The van der Waals surface area contributed by atoms with Crippen LogP contribution in [-0.2, 0) is 9.59 Å². The van der Waals surface area contributed by atoms with E-state index in [2.05, 4.69) is 25.7 Å². The summed E-state index contributed by atoms with van der Waals surface area (Å²) in [5.41, 5.74) is 0. The van der Waals surface area contributed by atoms with Crippen LogP contribution in [0.2, 0.25) is 0 Å². The van der Waals surface area contributed by atoms with Gasteiger partial charge in [0.1, 0.15) is 0 Å². The Bertz CT molecular complexity index is 446. The zero-order valence-corrected chi connectivity index (χ0v) is 15.0. The molecule has 4 nitrogen and oxygen atoms in total. The molecule has 2 aliphatic heterocycles. The quantitative estimate of drug-likeness (QED) is 0.784. The highest BCUT2D eigenvalue weighted by atomic mass is 16.2. The van der Waals surface area contributed by atoms with Gasteiger partial charge in [0, 0.05) is 31.1 Å². The average Bonchev–Trinajstić information content (AvgIpc) is 2.90. The lowest BCUT2D eigenvalue weighted by atomic mass is 9.86. The molecule has 0 radical (unpaired) electrons. The van der Waals surface area contributed by atoms with Crippen LogP contribution in [-0.4, -0.2) is 46.3 Å². The van der Waals surface area contributed by atoms with Crippen LogP contribution in [0.5, 0.6) is 0 Å². The number of nitrogens with zero attached hydrogens (tertiary/aromatic N) is 2. The van der Waals surface area contributed by atoms with Gasteiger partial charge in [-0.25, -0.2) is 0 Å². The Hall–Kier alpha value is -1.06. The van der Waals surface area contributed by atoms with Crippen molar-refractivity contribution in [2.75, 3.05) is 6.54 Å². The lowest BCUT2D eigenvalue weighted by Gasteiger charge is -2.40. The summed E-state index contributed by atoms with van der Waals surface area (Å²) in [5, 5.41) is 0. The van der Waals surface area contributed by atoms with E-state index in [9.17, 15) is 9.59 Å². The molecule has 1 aliphatic carbocycles. The van der Waals surface area contributed by atoms with Gasteiger partial charge in [-0.05, 0) is 64.7 Å². The predicted octanol–water partition coefficient (Wildman–Crippen LogP) is 3.20. The number of rotatable bonds is 2. The maximum Gasteiger partial charge on any atom is 0.228 e. The lowest BCUT2D eigenvalue weighted by molar-refractivity contribution is -0.141. The third kappa shape index (κ3) is 3.41. The van der Waals surface area contributed by atoms with Gasteiger partial charge in [0.2, 0.25) is 11.8 Å². The van der Waals surface area contributed by atoms with Gasteiger partial charge >= 0.3 is 0 Å². The highest BCUT2D eigenvalue weighted by Crippen LogP contribution is 2.33. The van der Waals surface area contributed by atoms with Crippen LogP contribution in [0.25, 0.3) is 0 Å². The summed E-state index contributed by atoms with van der Waals surface area (Å²) in [5.74, 6) is 1.12. The van der Waals surface area contributed by atoms with Crippen LogP contribution in [0.3, 0.4) is 0 Å². The molecule has 3 atom stereocenters. The molecule has 0 aromatic rings. The number of hydrogen-bond donors (Lipinski definition) is 0. The SMILES string of the molecule is CC1CCC(N2C[C@H](C(=O)N3[C@H](C)CCC[C@@H]3C)CC2=O)CC1. The van der Waals surface area contributed by atoms with Gasteiger partial charge in [-0.15, -0.1) is 0 Å². The van der Waals surface area contributed by atoms with E-state index in [1.54, 1.807) is 0 Å². The van der Waals surface area contributed by atoms with E-state index in [1.807, 2.05) is 4.90 Å². The Kier molecular flexibility index (Phi) is 4.98. The maximum atomic E-state index is 13.0. The molecule has 3 aliphatic rings. The summed E-state index contributed by atoms with van der Waals surface area (Å²) in [7, 11) is 0. The van der Waals surface area contributed by atoms with Gasteiger partial charge in [0.25, 0.3) is 0 Å². The van der Waals surface area contributed by atoms with Gasteiger partial charge in [0.15, 0.2) is 0 Å². The molecule has 0 bridgehead atoms. The number of likely N-dealkylation sites (tertiary alicyclic amines) is 2. The van der Waals surface area contributed by atoms with Crippen molar-refractivity contribution in [2.24, 2.45) is 11.8 Å². The molecule has 2 heterocycles. The highest BCUT2D eigenvalue weighted by molar-refractivity contribution is 5.89. The van der Waals surface area contributed by atoms with E-state index >= 15 is 0 Å². The molecule has 23 heavy (non-hydrogen) atoms. The molecular weight excluding hydrogens is 288 g/mol. The van der Waals surface area contributed by atoms with Gasteiger partial charge in [-0.2, -0.15) is 0 Å². The van der Waals surface area contributed by atoms with E-state index in [0.717, 1.165) is 31.6 Å². The van der Waals surface area contributed by atoms with Crippen LogP contribution in [0, 0.1) is 11.8 Å². The van der Waals surface area contributed by atoms with Gasteiger partial charge in [-0.1, -0.05) is 6.92 Å². The van der Waals surface area contributed by atoms with Crippen molar-refractivity contribution in [3.05, 3.63) is 0 Å². The minimum Gasteiger partial charge on any atom is -0.339 e. The Morgan fingerprint density at radius 3 is 2.17 bits per heavy atom. The fraction of sp³-hybridized carbons (Fsp3) is 0.895. The van der Waals surface area contributed by atoms with E-state index in [0.29, 0.717) is 31.1 Å². The molecule has 0 aromatic carbocycles. The standard InChI is InChI=1S/C19H32N2O2/c1-13-7-9-17(10-8-13)20-12-16(11-18(20)22)19(23)21-14(2)5-4-6-15(21)3/h13-17H,4-12H2,1-3H3/t13?,14-,15+,16-,17?/m1/s1. The van der Waals surface area contributed by atoms with E-state index in [4.69, 9.17) is 0 Å². The third-order valence-electron chi connectivity index (χ3n) is 6.38. The Labute approximate surface area is 140 Å². The topological polar surface area (TPSA) is 40.6 Å². The molecule has 4 heteroatoms. The normalized spacial score (nSPS) is 38.9. The summed E-state index contributed by atoms with van der Waals surface area (Å²) in [6.45, 7) is 7.27. The van der Waals surface area contributed by atoms with Gasteiger partial charge in [-0.3, -0.25) is 9.59 Å². The smallest absolute Gasteiger partial charge is 0.228 e. The van der Waals surface area contributed by atoms with E-state index in [1.165, 1.54) is 19.3 Å². The predicted molar refractivity (Wildman–Crippen MR) is 90.9 cm³/mol. The van der Waals surface area contributed by atoms with Crippen LogP contribution in [0.4, 0.5) is 0 Å². The van der Waals surface area contributed by atoms with Crippen molar-refractivity contribution < 1.29 is 9.59 Å². The van der Waals surface area contributed by atoms with Crippen molar-refractivity contribution >= 4 is 11.8 Å². The number of piperidine rings is 1. The largest absolute Gasteiger partial charge is 0.339 e. The van der Waals surface area contributed by atoms with Crippen LogP contribution >= 0.6 is 0 Å². The van der Waals surface area contributed by atoms with Crippen molar-refractivity contribution in [1.29, 1.82) is 0 Å².